The van der Waals surface area contributed by atoms with Crippen molar-refractivity contribution in [3.8, 4) is 11.5 Å². The summed E-state index contributed by atoms with van der Waals surface area (Å²) in [4.78, 5) is 0. The Balaban J connectivity index is 2.96. The molecule has 96 valence electrons. The number of hydrogen-bond donors (Lipinski definition) is 2. The molecule has 0 spiro atoms. The molecule has 0 saturated heterocycles. The standard InChI is InChI=1S/C12H21N3O2/c1-15(2)14-10(8-13)9-5-6-11(16-3)12(7-9)17-4/h5-7,10,14H,8,13H2,1-4H3. The predicted molar refractivity (Wildman–Crippen MR) is 68.2 cm³/mol. The molecular formula is C12H21N3O2. The highest BCUT2D eigenvalue weighted by Crippen LogP contribution is 2.29. The molecule has 5 heteroatoms. The first kappa shape index (κ1) is 13.8. The van der Waals surface area contributed by atoms with Gasteiger partial charge in [0.05, 0.1) is 20.3 Å². The second-order valence-electron chi connectivity index (χ2n) is 3.93. The van der Waals surface area contributed by atoms with E-state index in [1.54, 1.807) is 14.2 Å². The van der Waals surface area contributed by atoms with E-state index < -0.39 is 0 Å². The summed E-state index contributed by atoms with van der Waals surface area (Å²) in [6, 6.07) is 5.86. The first-order valence-corrected chi connectivity index (χ1v) is 5.47. The normalized spacial score (nSPS) is 12.6. The third-order valence-electron chi connectivity index (χ3n) is 2.46. The number of ether oxygens (including phenoxy) is 2. The van der Waals surface area contributed by atoms with Gasteiger partial charge in [-0.25, -0.2) is 10.4 Å². The minimum Gasteiger partial charge on any atom is -0.493 e. The fourth-order valence-corrected chi connectivity index (χ4v) is 1.64. The van der Waals surface area contributed by atoms with Crippen molar-refractivity contribution in [2.24, 2.45) is 5.73 Å². The Bertz CT molecular complexity index is 356. The summed E-state index contributed by atoms with van der Waals surface area (Å²) in [5, 5.41) is 1.88. The Morgan fingerprint density at radius 3 is 2.35 bits per heavy atom. The molecule has 1 aromatic rings. The van der Waals surface area contributed by atoms with Gasteiger partial charge < -0.3 is 15.2 Å². The van der Waals surface area contributed by atoms with Crippen LogP contribution in [0, 0.1) is 0 Å². The van der Waals surface area contributed by atoms with Crippen LogP contribution in [-0.4, -0.2) is 39.9 Å². The summed E-state index contributed by atoms with van der Waals surface area (Å²) in [5.41, 5.74) is 10.1. The summed E-state index contributed by atoms with van der Waals surface area (Å²) in [6.45, 7) is 0.508. The van der Waals surface area contributed by atoms with Gasteiger partial charge in [0.2, 0.25) is 0 Å². The fraction of sp³-hybridized carbons (Fsp3) is 0.500. The molecule has 0 heterocycles. The lowest BCUT2D eigenvalue weighted by molar-refractivity contribution is 0.245. The molecule has 1 atom stereocenters. The van der Waals surface area contributed by atoms with Crippen molar-refractivity contribution in [1.82, 2.24) is 10.4 Å². The Morgan fingerprint density at radius 1 is 1.24 bits per heavy atom. The molecule has 5 nitrogen and oxygen atoms in total. The van der Waals surface area contributed by atoms with Crippen LogP contribution in [0.25, 0.3) is 0 Å². The van der Waals surface area contributed by atoms with E-state index in [0.29, 0.717) is 12.3 Å². The van der Waals surface area contributed by atoms with Gasteiger partial charge in [0, 0.05) is 20.6 Å². The van der Waals surface area contributed by atoms with E-state index in [1.165, 1.54) is 0 Å². The van der Waals surface area contributed by atoms with Crippen molar-refractivity contribution in [2.45, 2.75) is 6.04 Å². The number of methoxy groups -OCH3 is 2. The summed E-state index contributed by atoms with van der Waals surface area (Å²) in [7, 11) is 7.11. The molecule has 0 aliphatic heterocycles. The second-order valence-corrected chi connectivity index (χ2v) is 3.93. The van der Waals surface area contributed by atoms with E-state index in [4.69, 9.17) is 15.2 Å². The zero-order valence-corrected chi connectivity index (χ0v) is 10.9. The van der Waals surface area contributed by atoms with Crippen LogP contribution < -0.4 is 20.6 Å². The van der Waals surface area contributed by atoms with Gasteiger partial charge in [0.15, 0.2) is 11.5 Å². The van der Waals surface area contributed by atoms with Gasteiger partial charge >= 0.3 is 0 Å². The van der Waals surface area contributed by atoms with Crippen molar-refractivity contribution in [3.05, 3.63) is 23.8 Å². The molecule has 0 aliphatic carbocycles. The number of nitrogens with two attached hydrogens (primary N) is 1. The summed E-state index contributed by atoms with van der Waals surface area (Å²) in [6.07, 6.45) is 0. The monoisotopic (exact) mass is 239 g/mol. The van der Waals surface area contributed by atoms with Crippen LogP contribution in [0.15, 0.2) is 18.2 Å². The minimum absolute atomic E-state index is 0.0600. The number of hydrogen-bond acceptors (Lipinski definition) is 5. The highest BCUT2D eigenvalue weighted by atomic mass is 16.5. The van der Waals surface area contributed by atoms with Gasteiger partial charge in [-0.15, -0.1) is 0 Å². The van der Waals surface area contributed by atoms with Crippen molar-refractivity contribution in [1.29, 1.82) is 0 Å². The van der Waals surface area contributed by atoms with E-state index in [9.17, 15) is 0 Å². The van der Waals surface area contributed by atoms with Crippen molar-refractivity contribution in [2.75, 3.05) is 34.9 Å². The zero-order chi connectivity index (χ0) is 12.8. The van der Waals surface area contributed by atoms with Crippen LogP contribution in [0.2, 0.25) is 0 Å². The minimum atomic E-state index is 0.0600. The van der Waals surface area contributed by atoms with E-state index >= 15 is 0 Å². The Morgan fingerprint density at radius 2 is 1.88 bits per heavy atom. The van der Waals surface area contributed by atoms with Crippen LogP contribution in [-0.2, 0) is 0 Å². The molecule has 3 N–H and O–H groups in total. The maximum atomic E-state index is 5.75. The van der Waals surface area contributed by atoms with E-state index in [-0.39, 0.29) is 6.04 Å². The third kappa shape index (κ3) is 3.59. The Hall–Kier alpha value is -1.30. The Labute approximate surface area is 102 Å². The average Bonchev–Trinajstić information content (AvgIpc) is 2.34. The molecule has 0 aromatic heterocycles. The highest BCUT2D eigenvalue weighted by Gasteiger charge is 2.13. The lowest BCUT2D eigenvalue weighted by atomic mass is 10.1. The molecule has 0 bridgehead atoms. The first-order valence-electron chi connectivity index (χ1n) is 5.47. The molecule has 0 fully saturated rings. The molecule has 1 aromatic carbocycles. The SMILES string of the molecule is COc1ccc(C(CN)NN(C)C)cc1OC. The van der Waals surface area contributed by atoms with Crippen LogP contribution in [0.1, 0.15) is 11.6 Å². The Kier molecular flexibility index (Phi) is 5.21. The molecular weight excluding hydrogens is 218 g/mol. The van der Waals surface area contributed by atoms with Crippen LogP contribution >= 0.6 is 0 Å². The van der Waals surface area contributed by atoms with Gasteiger partial charge in [-0.05, 0) is 17.7 Å². The van der Waals surface area contributed by atoms with Crippen molar-refractivity contribution in [3.63, 3.8) is 0 Å². The fourth-order valence-electron chi connectivity index (χ4n) is 1.64. The van der Waals surface area contributed by atoms with Gasteiger partial charge in [-0.3, -0.25) is 0 Å². The average molecular weight is 239 g/mol. The quantitative estimate of drug-likeness (QED) is 0.718. The van der Waals surface area contributed by atoms with E-state index in [2.05, 4.69) is 5.43 Å². The lowest BCUT2D eigenvalue weighted by Crippen LogP contribution is -2.37. The molecule has 1 rings (SSSR count). The van der Waals surface area contributed by atoms with Gasteiger partial charge in [-0.1, -0.05) is 6.07 Å². The molecule has 0 amide bonds. The van der Waals surface area contributed by atoms with Crippen molar-refractivity contribution < 1.29 is 9.47 Å². The zero-order valence-electron chi connectivity index (χ0n) is 10.9. The second kappa shape index (κ2) is 6.44. The number of hydrazine groups is 1. The maximum Gasteiger partial charge on any atom is 0.161 e. The van der Waals surface area contributed by atoms with E-state index in [1.807, 2.05) is 37.3 Å². The lowest BCUT2D eigenvalue weighted by Gasteiger charge is -2.22. The topological polar surface area (TPSA) is 59.8 Å². The van der Waals surface area contributed by atoms with Gasteiger partial charge in [0.1, 0.15) is 0 Å². The number of nitrogens with zero attached hydrogens (tertiary/aromatic N) is 1. The molecule has 17 heavy (non-hydrogen) atoms. The smallest absolute Gasteiger partial charge is 0.161 e. The van der Waals surface area contributed by atoms with Crippen molar-refractivity contribution >= 4 is 0 Å². The van der Waals surface area contributed by atoms with Gasteiger partial charge in [0.25, 0.3) is 0 Å². The molecule has 1 unspecified atom stereocenters. The van der Waals surface area contributed by atoms with Crippen LogP contribution in [0.4, 0.5) is 0 Å². The molecule has 0 aliphatic rings. The van der Waals surface area contributed by atoms with Gasteiger partial charge in [-0.2, -0.15) is 0 Å². The largest absolute Gasteiger partial charge is 0.493 e. The molecule has 0 radical (unpaired) electrons. The summed E-state index contributed by atoms with van der Waals surface area (Å²) >= 11 is 0. The molecule has 0 saturated carbocycles. The highest BCUT2D eigenvalue weighted by molar-refractivity contribution is 5.43. The maximum absolute atomic E-state index is 5.75. The summed E-state index contributed by atoms with van der Waals surface area (Å²) < 4.78 is 10.5. The number of nitrogens with one attached hydrogen (secondary N) is 1. The number of rotatable bonds is 6. The summed E-state index contributed by atoms with van der Waals surface area (Å²) in [5.74, 6) is 1.43. The predicted octanol–water partition coefficient (Wildman–Crippen LogP) is 0.770. The first-order chi connectivity index (χ1) is 8.12. The van der Waals surface area contributed by atoms with E-state index in [0.717, 1.165) is 11.3 Å². The van der Waals surface area contributed by atoms with Crippen LogP contribution in [0.5, 0.6) is 11.5 Å². The third-order valence-corrected chi connectivity index (χ3v) is 2.46. The van der Waals surface area contributed by atoms with Crippen LogP contribution in [0.3, 0.4) is 0 Å². The number of benzene rings is 1.